The molecule has 0 radical (unpaired) electrons. The molecule has 0 amide bonds. The molecule has 2 rings (SSSR count). The lowest BCUT2D eigenvalue weighted by atomic mass is 9.83. The summed E-state index contributed by atoms with van der Waals surface area (Å²) < 4.78 is 15.8. The van der Waals surface area contributed by atoms with Gasteiger partial charge >= 0.3 is 11.9 Å². The molecule has 0 spiro atoms. The van der Waals surface area contributed by atoms with Crippen LogP contribution in [0.25, 0.3) is 0 Å². The highest BCUT2D eigenvalue weighted by Gasteiger charge is 2.31. The molecular formula is C21H30O5. The maximum Gasteiger partial charge on any atom is 0.322 e. The second-order valence-electron chi connectivity index (χ2n) is 6.72. The second kappa shape index (κ2) is 11.0. The van der Waals surface area contributed by atoms with Gasteiger partial charge in [0.2, 0.25) is 0 Å². The molecule has 0 aromatic heterocycles. The first-order valence-corrected chi connectivity index (χ1v) is 9.62. The van der Waals surface area contributed by atoms with Gasteiger partial charge in [0.15, 0.2) is 5.92 Å². The summed E-state index contributed by atoms with van der Waals surface area (Å²) >= 11 is 0. The van der Waals surface area contributed by atoms with Crippen LogP contribution in [-0.2, 0) is 30.2 Å². The fourth-order valence-corrected chi connectivity index (χ4v) is 3.40. The normalized spacial score (nSPS) is 20.0. The molecule has 0 N–H and O–H groups in total. The van der Waals surface area contributed by atoms with Crippen LogP contribution in [0.15, 0.2) is 30.3 Å². The quantitative estimate of drug-likeness (QED) is 0.497. The Bertz CT molecular complexity index is 531. The molecule has 26 heavy (non-hydrogen) atoms. The zero-order chi connectivity index (χ0) is 18.8. The van der Waals surface area contributed by atoms with E-state index < -0.39 is 17.9 Å². The van der Waals surface area contributed by atoms with Gasteiger partial charge in [0.25, 0.3) is 0 Å². The average Bonchev–Trinajstić information content (AvgIpc) is 2.64. The molecule has 5 nitrogen and oxygen atoms in total. The van der Waals surface area contributed by atoms with Crippen LogP contribution in [0.2, 0.25) is 0 Å². The van der Waals surface area contributed by atoms with E-state index in [1.165, 1.54) is 5.56 Å². The summed E-state index contributed by atoms with van der Waals surface area (Å²) in [5.41, 5.74) is 1.38. The van der Waals surface area contributed by atoms with Crippen LogP contribution in [0.4, 0.5) is 0 Å². The van der Waals surface area contributed by atoms with Crippen LogP contribution < -0.4 is 0 Å². The maximum atomic E-state index is 12.0. The first-order chi connectivity index (χ1) is 12.6. The Morgan fingerprint density at radius 3 is 2.08 bits per heavy atom. The summed E-state index contributed by atoms with van der Waals surface area (Å²) in [6.45, 7) is 3.94. The molecule has 144 valence electrons. The largest absolute Gasteiger partial charge is 0.465 e. The SMILES string of the molecule is CCOC(=O)C(COC1CCC(Cc2ccccc2)CC1)C(=O)OCC. The van der Waals surface area contributed by atoms with Crippen molar-refractivity contribution >= 4 is 11.9 Å². The maximum absolute atomic E-state index is 12.0. The molecule has 5 heteroatoms. The molecule has 0 aliphatic heterocycles. The third-order valence-electron chi connectivity index (χ3n) is 4.80. The van der Waals surface area contributed by atoms with E-state index in [2.05, 4.69) is 24.3 Å². The van der Waals surface area contributed by atoms with Gasteiger partial charge in [0, 0.05) is 0 Å². The number of hydrogen-bond acceptors (Lipinski definition) is 5. The molecule has 1 aliphatic rings. The first-order valence-electron chi connectivity index (χ1n) is 9.62. The molecule has 0 bridgehead atoms. The summed E-state index contributed by atoms with van der Waals surface area (Å²) in [5.74, 6) is -1.45. The Morgan fingerprint density at radius 1 is 0.962 bits per heavy atom. The third-order valence-corrected chi connectivity index (χ3v) is 4.80. The molecule has 0 heterocycles. The van der Waals surface area contributed by atoms with Crippen molar-refractivity contribution in [2.75, 3.05) is 19.8 Å². The van der Waals surface area contributed by atoms with Crippen molar-refractivity contribution in [2.45, 2.75) is 52.1 Å². The molecule has 1 aromatic rings. The van der Waals surface area contributed by atoms with Gasteiger partial charge < -0.3 is 14.2 Å². The van der Waals surface area contributed by atoms with Crippen LogP contribution in [0.1, 0.15) is 45.1 Å². The number of carbonyl (C=O) groups excluding carboxylic acids is 2. The Hall–Kier alpha value is -1.88. The Morgan fingerprint density at radius 2 is 1.54 bits per heavy atom. The van der Waals surface area contributed by atoms with Crippen molar-refractivity contribution in [1.82, 2.24) is 0 Å². The second-order valence-corrected chi connectivity index (χ2v) is 6.72. The zero-order valence-electron chi connectivity index (χ0n) is 15.8. The molecular weight excluding hydrogens is 332 g/mol. The summed E-state index contributed by atoms with van der Waals surface area (Å²) in [6.07, 6.45) is 5.30. The van der Waals surface area contributed by atoms with Gasteiger partial charge in [-0.05, 0) is 57.4 Å². The standard InChI is InChI=1S/C21H30O5/c1-3-24-20(22)19(21(23)25-4-2)15-26-18-12-10-17(11-13-18)14-16-8-6-5-7-9-16/h5-9,17-19H,3-4,10-15H2,1-2H3. The highest BCUT2D eigenvalue weighted by molar-refractivity contribution is 5.95. The van der Waals surface area contributed by atoms with E-state index in [9.17, 15) is 9.59 Å². The number of hydrogen-bond donors (Lipinski definition) is 0. The molecule has 0 unspecified atom stereocenters. The fourth-order valence-electron chi connectivity index (χ4n) is 3.40. The van der Waals surface area contributed by atoms with Gasteiger partial charge in [0.1, 0.15) is 0 Å². The highest BCUT2D eigenvalue weighted by Crippen LogP contribution is 2.29. The van der Waals surface area contributed by atoms with E-state index in [-0.39, 0.29) is 25.9 Å². The number of rotatable bonds is 9. The Labute approximate surface area is 156 Å². The van der Waals surface area contributed by atoms with Crippen LogP contribution >= 0.6 is 0 Å². The van der Waals surface area contributed by atoms with Crippen molar-refractivity contribution in [2.24, 2.45) is 11.8 Å². The predicted octanol–water partition coefficient (Wildman–Crippen LogP) is 3.55. The lowest BCUT2D eigenvalue weighted by Gasteiger charge is -2.29. The minimum Gasteiger partial charge on any atom is -0.465 e. The fraction of sp³-hybridized carbons (Fsp3) is 0.619. The molecule has 0 atom stereocenters. The van der Waals surface area contributed by atoms with E-state index in [1.54, 1.807) is 13.8 Å². The monoisotopic (exact) mass is 362 g/mol. The minimum atomic E-state index is -0.989. The topological polar surface area (TPSA) is 61.8 Å². The van der Waals surface area contributed by atoms with Gasteiger partial charge in [-0.2, -0.15) is 0 Å². The van der Waals surface area contributed by atoms with Crippen molar-refractivity contribution < 1.29 is 23.8 Å². The zero-order valence-corrected chi connectivity index (χ0v) is 15.8. The van der Waals surface area contributed by atoms with Gasteiger partial charge in [-0.15, -0.1) is 0 Å². The summed E-state index contributed by atoms with van der Waals surface area (Å²) in [5, 5.41) is 0. The van der Waals surface area contributed by atoms with Gasteiger partial charge in [0.05, 0.1) is 25.9 Å². The Kier molecular flexibility index (Phi) is 8.62. The summed E-state index contributed by atoms with van der Waals surface area (Å²) in [7, 11) is 0. The first kappa shape index (κ1) is 20.4. The van der Waals surface area contributed by atoms with Crippen LogP contribution in [-0.4, -0.2) is 37.9 Å². The summed E-state index contributed by atoms with van der Waals surface area (Å²) in [6, 6.07) is 10.5. The average molecular weight is 362 g/mol. The minimum absolute atomic E-state index is 0.0334. The smallest absolute Gasteiger partial charge is 0.322 e. The van der Waals surface area contributed by atoms with E-state index in [4.69, 9.17) is 14.2 Å². The number of esters is 2. The van der Waals surface area contributed by atoms with E-state index in [0.29, 0.717) is 5.92 Å². The van der Waals surface area contributed by atoms with E-state index in [0.717, 1.165) is 32.1 Å². The molecule has 0 saturated heterocycles. The van der Waals surface area contributed by atoms with Gasteiger partial charge in [-0.3, -0.25) is 9.59 Å². The van der Waals surface area contributed by atoms with Crippen molar-refractivity contribution in [1.29, 1.82) is 0 Å². The van der Waals surface area contributed by atoms with E-state index >= 15 is 0 Å². The lowest BCUT2D eigenvalue weighted by Crippen LogP contribution is -2.34. The lowest BCUT2D eigenvalue weighted by molar-refractivity contribution is -0.165. The molecule has 1 fully saturated rings. The number of ether oxygens (including phenoxy) is 3. The van der Waals surface area contributed by atoms with Gasteiger partial charge in [-0.1, -0.05) is 30.3 Å². The van der Waals surface area contributed by atoms with E-state index in [1.807, 2.05) is 6.07 Å². The third kappa shape index (κ3) is 6.45. The number of benzene rings is 1. The van der Waals surface area contributed by atoms with Crippen molar-refractivity contribution in [3.8, 4) is 0 Å². The molecule has 1 aliphatic carbocycles. The number of carbonyl (C=O) groups is 2. The molecule has 1 saturated carbocycles. The van der Waals surface area contributed by atoms with Crippen molar-refractivity contribution in [3.63, 3.8) is 0 Å². The highest BCUT2D eigenvalue weighted by atomic mass is 16.6. The predicted molar refractivity (Wildman–Crippen MR) is 98.6 cm³/mol. The summed E-state index contributed by atoms with van der Waals surface area (Å²) in [4.78, 5) is 24.0. The van der Waals surface area contributed by atoms with Crippen LogP contribution in [0.5, 0.6) is 0 Å². The Balaban J connectivity index is 1.77. The van der Waals surface area contributed by atoms with Crippen molar-refractivity contribution in [3.05, 3.63) is 35.9 Å². The van der Waals surface area contributed by atoms with Crippen LogP contribution in [0, 0.1) is 11.8 Å². The van der Waals surface area contributed by atoms with Crippen LogP contribution in [0.3, 0.4) is 0 Å². The van der Waals surface area contributed by atoms with Gasteiger partial charge in [-0.25, -0.2) is 0 Å². The molecule has 1 aromatic carbocycles.